The molecule has 2 aromatic carbocycles. The first-order chi connectivity index (χ1) is 13.2. The number of aromatic nitrogens is 1. The fourth-order valence-electron chi connectivity index (χ4n) is 2.44. The van der Waals surface area contributed by atoms with Crippen LogP contribution in [0.2, 0.25) is 0 Å². The normalized spacial score (nSPS) is 10.8. The summed E-state index contributed by atoms with van der Waals surface area (Å²) in [6.45, 7) is 2.53. The summed E-state index contributed by atoms with van der Waals surface area (Å²) in [5.74, 6) is 2.20. The minimum absolute atomic E-state index is 0.588. The molecular weight excluding hydrogens is 362 g/mol. The number of hydrogen-bond donors (Lipinski definition) is 1. The fourth-order valence-corrected chi connectivity index (χ4v) is 3.11. The number of hydrazone groups is 1. The SMILES string of the molecule is CCOc1ccc(/C=N\Nc2nc(-c3cccc(OC)c3)cs2)cc1OC. The van der Waals surface area contributed by atoms with Crippen LogP contribution in [-0.2, 0) is 0 Å². The van der Waals surface area contributed by atoms with Crippen molar-refractivity contribution in [1.29, 1.82) is 0 Å². The Labute approximate surface area is 162 Å². The Hall–Kier alpha value is -3.06. The number of hydrogen-bond acceptors (Lipinski definition) is 7. The van der Waals surface area contributed by atoms with Gasteiger partial charge in [-0.05, 0) is 42.8 Å². The van der Waals surface area contributed by atoms with Crippen molar-refractivity contribution in [2.75, 3.05) is 26.3 Å². The molecule has 0 saturated heterocycles. The zero-order valence-electron chi connectivity index (χ0n) is 15.4. The molecule has 140 valence electrons. The lowest BCUT2D eigenvalue weighted by atomic mass is 10.2. The second kappa shape index (κ2) is 9.05. The molecule has 0 amide bonds. The molecule has 0 spiro atoms. The quantitative estimate of drug-likeness (QED) is 0.452. The Kier molecular flexibility index (Phi) is 6.27. The average Bonchev–Trinajstić information content (AvgIpc) is 3.18. The van der Waals surface area contributed by atoms with Crippen molar-refractivity contribution in [2.45, 2.75) is 6.92 Å². The summed E-state index contributed by atoms with van der Waals surface area (Å²) in [7, 11) is 3.27. The third-order valence-electron chi connectivity index (χ3n) is 3.73. The second-order valence-corrected chi connectivity index (χ2v) is 6.34. The molecule has 3 aromatic rings. The first-order valence-electron chi connectivity index (χ1n) is 8.43. The van der Waals surface area contributed by atoms with Gasteiger partial charge in [0, 0.05) is 10.9 Å². The first kappa shape index (κ1) is 18.7. The topological polar surface area (TPSA) is 65.0 Å². The fraction of sp³-hybridized carbons (Fsp3) is 0.200. The molecule has 0 bridgehead atoms. The van der Waals surface area contributed by atoms with E-state index in [4.69, 9.17) is 14.2 Å². The third-order valence-corrected chi connectivity index (χ3v) is 4.48. The number of benzene rings is 2. The summed E-state index contributed by atoms with van der Waals surface area (Å²) in [5, 5.41) is 6.94. The molecule has 0 saturated carbocycles. The van der Waals surface area contributed by atoms with Crippen LogP contribution in [0.5, 0.6) is 17.2 Å². The van der Waals surface area contributed by atoms with E-state index >= 15 is 0 Å². The van der Waals surface area contributed by atoms with Gasteiger partial charge in [0.2, 0.25) is 5.13 Å². The standard InChI is InChI=1S/C20H21N3O3S/c1-4-26-18-9-8-14(10-19(18)25-3)12-21-23-20-22-17(13-27-20)15-6-5-7-16(11-15)24-2/h5-13H,4H2,1-3H3,(H,22,23)/b21-12-. The van der Waals surface area contributed by atoms with Crippen molar-refractivity contribution in [2.24, 2.45) is 5.10 Å². The van der Waals surface area contributed by atoms with E-state index in [0.717, 1.165) is 22.6 Å². The van der Waals surface area contributed by atoms with Gasteiger partial charge in [0.15, 0.2) is 11.5 Å². The van der Waals surface area contributed by atoms with E-state index in [2.05, 4.69) is 15.5 Å². The van der Waals surface area contributed by atoms with Crippen LogP contribution < -0.4 is 19.6 Å². The lowest BCUT2D eigenvalue weighted by Gasteiger charge is -2.09. The number of rotatable bonds is 8. The number of thiazole rings is 1. The van der Waals surface area contributed by atoms with Crippen molar-refractivity contribution in [3.8, 4) is 28.5 Å². The summed E-state index contributed by atoms with van der Waals surface area (Å²) in [5.41, 5.74) is 5.73. The number of nitrogens with zero attached hydrogens (tertiary/aromatic N) is 2. The van der Waals surface area contributed by atoms with Gasteiger partial charge < -0.3 is 14.2 Å². The highest BCUT2D eigenvalue weighted by Gasteiger charge is 2.06. The molecule has 7 heteroatoms. The molecule has 0 radical (unpaired) electrons. The van der Waals surface area contributed by atoms with Crippen molar-refractivity contribution in [3.05, 3.63) is 53.4 Å². The molecule has 0 aliphatic carbocycles. The Morgan fingerprint density at radius 2 is 2.00 bits per heavy atom. The van der Waals surface area contributed by atoms with Gasteiger partial charge in [0.1, 0.15) is 5.75 Å². The summed E-state index contributed by atoms with van der Waals surface area (Å²) >= 11 is 1.49. The minimum atomic E-state index is 0.588. The first-order valence-corrected chi connectivity index (χ1v) is 9.31. The highest BCUT2D eigenvalue weighted by Crippen LogP contribution is 2.28. The lowest BCUT2D eigenvalue weighted by molar-refractivity contribution is 0.311. The summed E-state index contributed by atoms with van der Waals surface area (Å²) in [4.78, 5) is 4.55. The van der Waals surface area contributed by atoms with Gasteiger partial charge in [-0.15, -0.1) is 11.3 Å². The van der Waals surface area contributed by atoms with Gasteiger partial charge in [0.05, 0.1) is 32.7 Å². The van der Waals surface area contributed by atoms with Crippen LogP contribution in [0.1, 0.15) is 12.5 Å². The molecule has 1 aromatic heterocycles. The second-order valence-electron chi connectivity index (χ2n) is 5.48. The van der Waals surface area contributed by atoms with E-state index in [-0.39, 0.29) is 0 Å². The lowest BCUT2D eigenvalue weighted by Crippen LogP contribution is -1.96. The van der Waals surface area contributed by atoms with Gasteiger partial charge in [-0.25, -0.2) is 4.98 Å². The smallest absolute Gasteiger partial charge is 0.203 e. The molecule has 27 heavy (non-hydrogen) atoms. The zero-order chi connectivity index (χ0) is 19.1. The molecule has 3 rings (SSSR count). The maximum absolute atomic E-state index is 5.52. The number of methoxy groups -OCH3 is 2. The summed E-state index contributed by atoms with van der Waals surface area (Å²) in [6.07, 6.45) is 1.71. The Morgan fingerprint density at radius 3 is 2.78 bits per heavy atom. The zero-order valence-corrected chi connectivity index (χ0v) is 16.2. The maximum Gasteiger partial charge on any atom is 0.203 e. The van der Waals surface area contributed by atoms with Crippen molar-refractivity contribution >= 4 is 22.7 Å². The largest absolute Gasteiger partial charge is 0.497 e. The van der Waals surface area contributed by atoms with E-state index in [0.29, 0.717) is 23.2 Å². The van der Waals surface area contributed by atoms with Crippen LogP contribution in [0, 0.1) is 0 Å². The minimum Gasteiger partial charge on any atom is -0.497 e. The van der Waals surface area contributed by atoms with Crippen LogP contribution in [-0.4, -0.2) is 32.0 Å². The van der Waals surface area contributed by atoms with Gasteiger partial charge in [-0.1, -0.05) is 12.1 Å². The van der Waals surface area contributed by atoms with E-state index < -0.39 is 0 Å². The maximum atomic E-state index is 5.52. The Balaban J connectivity index is 1.67. The number of anilines is 1. The molecular formula is C20H21N3O3S. The molecule has 0 aliphatic rings. The highest BCUT2D eigenvalue weighted by atomic mass is 32.1. The number of nitrogens with one attached hydrogen (secondary N) is 1. The molecule has 0 aliphatic heterocycles. The van der Waals surface area contributed by atoms with E-state index in [9.17, 15) is 0 Å². The van der Waals surface area contributed by atoms with Gasteiger partial charge in [-0.2, -0.15) is 5.10 Å². The molecule has 0 fully saturated rings. The van der Waals surface area contributed by atoms with Crippen molar-refractivity contribution in [1.82, 2.24) is 4.98 Å². The van der Waals surface area contributed by atoms with Gasteiger partial charge >= 0.3 is 0 Å². The predicted octanol–water partition coefficient (Wildman–Crippen LogP) is 4.67. The monoisotopic (exact) mass is 383 g/mol. The third kappa shape index (κ3) is 4.77. The number of ether oxygens (including phenoxy) is 3. The van der Waals surface area contributed by atoms with Crippen LogP contribution in [0.4, 0.5) is 5.13 Å². The van der Waals surface area contributed by atoms with E-state index in [1.807, 2.05) is 54.8 Å². The Morgan fingerprint density at radius 1 is 1.11 bits per heavy atom. The predicted molar refractivity (Wildman–Crippen MR) is 109 cm³/mol. The molecule has 6 nitrogen and oxygen atoms in total. The molecule has 0 unspecified atom stereocenters. The molecule has 0 atom stereocenters. The van der Waals surface area contributed by atoms with Crippen LogP contribution in [0.25, 0.3) is 11.3 Å². The van der Waals surface area contributed by atoms with Crippen molar-refractivity contribution < 1.29 is 14.2 Å². The van der Waals surface area contributed by atoms with Gasteiger partial charge in [-0.3, -0.25) is 5.43 Å². The summed E-state index contributed by atoms with van der Waals surface area (Å²) < 4.78 is 16.1. The molecule has 1 heterocycles. The van der Waals surface area contributed by atoms with Crippen LogP contribution in [0.15, 0.2) is 52.9 Å². The van der Waals surface area contributed by atoms with Crippen LogP contribution >= 0.6 is 11.3 Å². The summed E-state index contributed by atoms with van der Waals surface area (Å²) in [6, 6.07) is 13.5. The van der Waals surface area contributed by atoms with E-state index in [1.165, 1.54) is 11.3 Å². The van der Waals surface area contributed by atoms with Crippen LogP contribution in [0.3, 0.4) is 0 Å². The van der Waals surface area contributed by atoms with Gasteiger partial charge in [0.25, 0.3) is 0 Å². The average molecular weight is 383 g/mol. The van der Waals surface area contributed by atoms with E-state index in [1.54, 1.807) is 20.4 Å². The Bertz CT molecular complexity index is 924. The highest BCUT2D eigenvalue weighted by molar-refractivity contribution is 7.14. The molecule has 1 N–H and O–H groups in total. The van der Waals surface area contributed by atoms with Crippen molar-refractivity contribution in [3.63, 3.8) is 0 Å².